The Bertz CT molecular complexity index is 814. The zero-order valence-electron chi connectivity index (χ0n) is 12.1. The van der Waals surface area contributed by atoms with Crippen molar-refractivity contribution in [3.8, 4) is 11.5 Å². The Morgan fingerprint density at radius 3 is 2.32 bits per heavy atom. The topological polar surface area (TPSA) is 47.6 Å². The summed E-state index contributed by atoms with van der Waals surface area (Å²) < 4.78 is 10.4. The number of anilines is 1. The summed E-state index contributed by atoms with van der Waals surface area (Å²) in [6.45, 7) is 0. The summed E-state index contributed by atoms with van der Waals surface area (Å²) in [5, 5.41) is 4.89. The fraction of sp³-hybridized carbons (Fsp3) is 0.0556. The van der Waals surface area contributed by atoms with Crippen LogP contribution in [0.5, 0.6) is 11.5 Å². The van der Waals surface area contributed by atoms with E-state index in [0.717, 1.165) is 10.8 Å². The number of para-hydroxylation sites is 2. The lowest BCUT2D eigenvalue weighted by molar-refractivity contribution is 0.213. The number of nitrogens with one attached hydrogen (secondary N) is 1. The number of benzene rings is 3. The summed E-state index contributed by atoms with van der Waals surface area (Å²) in [7, 11) is 1.53. The first-order valence-electron chi connectivity index (χ1n) is 6.87. The maximum absolute atomic E-state index is 12.0. The Hall–Kier alpha value is -3.01. The van der Waals surface area contributed by atoms with Crippen molar-refractivity contribution in [1.82, 2.24) is 0 Å². The molecule has 0 saturated carbocycles. The molecule has 4 nitrogen and oxygen atoms in total. The third kappa shape index (κ3) is 3.01. The van der Waals surface area contributed by atoms with Crippen LogP contribution in [0, 0.1) is 0 Å². The minimum atomic E-state index is -0.556. The summed E-state index contributed by atoms with van der Waals surface area (Å²) >= 11 is 0. The van der Waals surface area contributed by atoms with E-state index in [2.05, 4.69) is 5.32 Å². The SMILES string of the molecule is COc1ccccc1OC(=O)Nc1ccc2ccccc2c1. The number of fused-ring (bicyclic) bond motifs is 1. The summed E-state index contributed by atoms with van der Waals surface area (Å²) in [6, 6.07) is 20.6. The molecule has 0 bridgehead atoms. The summed E-state index contributed by atoms with van der Waals surface area (Å²) in [5.74, 6) is 0.888. The number of carbonyl (C=O) groups is 1. The van der Waals surface area contributed by atoms with Gasteiger partial charge in [0.25, 0.3) is 0 Å². The molecule has 0 atom stereocenters. The first-order chi connectivity index (χ1) is 10.8. The number of ether oxygens (including phenoxy) is 2. The second kappa shape index (κ2) is 6.18. The minimum Gasteiger partial charge on any atom is -0.493 e. The fourth-order valence-electron chi connectivity index (χ4n) is 2.21. The molecule has 0 heterocycles. The molecule has 0 aliphatic carbocycles. The van der Waals surface area contributed by atoms with Crippen LogP contribution in [0.3, 0.4) is 0 Å². The van der Waals surface area contributed by atoms with Gasteiger partial charge in [-0.2, -0.15) is 0 Å². The largest absolute Gasteiger partial charge is 0.493 e. The molecule has 3 aromatic rings. The predicted molar refractivity (Wildman–Crippen MR) is 86.6 cm³/mol. The lowest BCUT2D eigenvalue weighted by Crippen LogP contribution is -2.17. The molecule has 0 aliphatic heterocycles. The van der Waals surface area contributed by atoms with Crippen molar-refractivity contribution < 1.29 is 14.3 Å². The number of amides is 1. The maximum atomic E-state index is 12.0. The molecule has 3 rings (SSSR count). The summed E-state index contributed by atoms with van der Waals surface area (Å²) in [5.41, 5.74) is 0.679. The van der Waals surface area contributed by atoms with Crippen LogP contribution in [0.4, 0.5) is 10.5 Å². The van der Waals surface area contributed by atoms with Crippen LogP contribution in [-0.4, -0.2) is 13.2 Å². The van der Waals surface area contributed by atoms with E-state index in [1.807, 2.05) is 48.5 Å². The molecule has 0 unspecified atom stereocenters. The van der Waals surface area contributed by atoms with Gasteiger partial charge in [-0.1, -0.05) is 42.5 Å². The second-order valence-corrected chi connectivity index (χ2v) is 4.73. The van der Waals surface area contributed by atoms with Crippen LogP contribution in [0.2, 0.25) is 0 Å². The predicted octanol–water partition coefficient (Wildman–Crippen LogP) is 4.46. The normalized spacial score (nSPS) is 10.2. The van der Waals surface area contributed by atoms with Gasteiger partial charge in [0.15, 0.2) is 11.5 Å². The first-order valence-corrected chi connectivity index (χ1v) is 6.87. The fourth-order valence-corrected chi connectivity index (χ4v) is 2.21. The van der Waals surface area contributed by atoms with Crippen LogP contribution >= 0.6 is 0 Å². The highest BCUT2D eigenvalue weighted by Crippen LogP contribution is 2.26. The summed E-state index contributed by atoms with van der Waals surface area (Å²) in [4.78, 5) is 12.0. The zero-order valence-corrected chi connectivity index (χ0v) is 12.1. The van der Waals surface area contributed by atoms with E-state index in [1.165, 1.54) is 7.11 Å². The number of methoxy groups -OCH3 is 1. The Morgan fingerprint density at radius 2 is 1.55 bits per heavy atom. The highest BCUT2D eigenvalue weighted by Gasteiger charge is 2.09. The molecule has 0 saturated heterocycles. The molecule has 0 aromatic heterocycles. The van der Waals surface area contributed by atoms with Crippen molar-refractivity contribution in [3.63, 3.8) is 0 Å². The molecule has 1 amide bonds. The van der Waals surface area contributed by atoms with Crippen LogP contribution in [0.25, 0.3) is 10.8 Å². The summed E-state index contributed by atoms with van der Waals surface area (Å²) in [6.07, 6.45) is -0.556. The Morgan fingerprint density at radius 1 is 0.864 bits per heavy atom. The van der Waals surface area contributed by atoms with Crippen molar-refractivity contribution in [1.29, 1.82) is 0 Å². The molecule has 0 spiro atoms. The Labute approximate surface area is 128 Å². The number of carbonyl (C=O) groups excluding carboxylic acids is 1. The van der Waals surface area contributed by atoms with Crippen molar-refractivity contribution in [2.24, 2.45) is 0 Å². The molecule has 110 valence electrons. The molecule has 4 heteroatoms. The van der Waals surface area contributed by atoms with Gasteiger partial charge in [0, 0.05) is 5.69 Å². The van der Waals surface area contributed by atoms with Gasteiger partial charge >= 0.3 is 6.09 Å². The Balaban J connectivity index is 1.75. The highest BCUT2D eigenvalue weighted by molar-refractivity contribution is 5.92. The van der Waals surface area contributed by atoms with Crippen LogP contribution in [-0.2, 0) is 0 Å². The third-order valence-corrected chi connectivity index (χ3v) is 3.27. The highest BCUT2D eigenvalue weighted by atomic mass is 16.6. The van der Waals surface area contributed by atoms with Gasteiger partial charge in [0.1, 0.15) is 0 Å². The van der Waals surface area contributed by atoms with Gasteiger partial charge < -0.3 is 9.47 Å². The lowest BCUT2D eigenvalue weighted by atomic mass is 10.1. The van der Waals surface area contributed by atoms with Crippen LogP contribution < -0.4 is 14.8 Å². The van der Waals surface area contributed by atoms with Crippen molar-refractivity contribution in [2.75, 3.05) is 12.4 Å². The van der Waals surface area contributed by atoms with Crippen LogP contribution in [0.15, 0.2) is 66.7 Å². The van der Waals surface area contributed by atoms with Crippen molar-refractivity contribution in [2.45, 2.75) is 0 Å². The minimum absolute atomic E-state index is 0.378. The van der Waals surface area contributed by atoms with E-state index < -0.39 is 6.09 Å². The van der Waals surface area contributed by atoms with E-state index in [9.17, 15) is 4.79 Å². The lowest BCUT2D eigenvalue weighted by Gasteiger charge is -2.10. The van der Waals surface area contributed by atoms with E-state index in [-0.39, 0.29) is 0 Å². The molecule has 22 heavy (non-hydrogen) atoms. The monoisotopic (exact) mass is 293 g/mol. The van der Waals surface area contributed by atoms with Gasteiger partial charge in [-0.3, -0.25) is 5.32 Å². The van der Waals surface area contributed by atoms with Crippen LogP contribution in [0.1, 0.15) is 0 Å². The standard InChI is InChI=1S/C18H15NO3/c1-21-16-8-4-5-9-17(16)22-18(20)19-15-11-10-13-6-2-3-7-14(13)12-15/h2-12H,1H3,(H,19,20). The molecule has 3 aromatic carbocycles. The quantitative estimate of drug-likeness (QED) is 0.775. The van der Waals surface area contributed by atoms with Gasteiger partial charge in [0.2, 0.25) is 0 Å². The molecule has 0 aliphatic rings. The molecular formula is C18H15NO3. The van der Waals surface area contributed by atoms with Gasteiger partial charge in [-0.25, -0.2) is 4.79 Å². The smallest absolute Gasteiger partial charge is 0.417 e. The van der Waals surface area contributed by atoms with Crippen molar-refractivity contribution in [3.05, 3.63) is 66.7 Å². The third-order valence-electron chi connectivity index (χ3n) is 3.27. The zero-order chi connectivity index (χ0) is 15.4. The van der Waals surface area contributed by atoms with Gasteiger partial charge in [-0.15, -0.1) is 0 Å². The van der Waals surface area contributed by atoms with E-state index in [0.29, 0.717) is 17.2 Å². The molecule has 1 N–H and O–H groups in total. The molecular weight excluding hydrogens is 278 g/mol. The first kappa shape index (κ1) is 13.9. The Kier molecular flexibility index (Phi) is 3.92. The maximum Gasteiger partial charge on any atom is 0.417 e. The second-order valence-electron chi connectivity index (χ2n) is 4.73. The van der Waals surface area contributed by atoms with E-state index in [1.54, 1.807) is 18.2 Å². The average molecular weight is 293 g/mol. The number of hydrogen-bond acceptors (Lipinski definition) is 3. The van der Waals surface area contributed by atoms with Gasteiger partial charge in [-0.05, 0) is 35.0 Å². The molecule has 0 radical (unpaired) electrons. The van der Waals surface area contributed by atoms with Gasteiger partial charge in [0.05, 0.1) is 7.11 Å². The number of rotatable bonds is 3. The van der Waals surface area contributed by atoms with Crippen molar-refractivity contribution >= 4 is 22.6 Å². The van der Waals surface area contributed by atoms with E-state index >= 15 is 0 Å². The number of hydrogen-bond donors (Lipinski definition) is 1. The molecule has 0 fully saturated rings. The average Bonchev–Trinajstić information content (AvgIpc) is 2.55. The van der Waals surface area contributed by atoms with E-state index in [4.69, 9.17) is 9.47 Å².